The topological polar surface area (TPSA) is 82.4 Å². The summed E-state index contributed by atoms with van der Waals surface area (Å²) < 4.78 is 35.5. The van der Waals surface area contributed by atoms with Crippen LogP contribution in [-0.2, 0) is 11.8 Å². The SMILES string of the molecule is Cn1ncnc1C1COCCN1C(=O)c1ccc(OC(F)F)nc1. The lowest BCUT2D eigenvalue weighted by Gasteiger charge is -2.34. The van der Waals surface area contributed by atoms with Crippen LogP contribution in [0.15, 0.2) is 24.7 Å². The normalized spacial score (nSPS) is 18.0. The lowest BCUT2D eigenvalue weighted by molar-refractivity contribution is -0.0528. The van der Waals surface area contributed by atoms with Gasteiger partial charge in [-0.1, -0.05) is 0 Å². The molecule has 1 amide bonds. The van der Waals surface area contributed by atoms with Crippen LogP contribution in [0, 0.1) is 0 Å². The number of carbonyl (C=O) groups excluding carboxylic acids is 1. The van der Waals surface area contributed by atoms with E-state index in [0.717, 1.165) is 0 Å². The second-order valence-corrected chi connectivity index (χ2v) is 5.09. The summed E-state index contributed by atoms with van der Waals surface area (Å²) in [6, 6.07) is 2.25. The van der Waals surface area contributed by atoms with Crippen LogP contribution in [0.2, 0.25) is 0 Å². The summed E-state index contributed by atoms with van der Waals surface area (Å²) >= 11 is 0. The number of ether oxygens (including phenoxy) is 2. The zero-order valence-electron chi connectivity index (χ0n) is 12.8. The highest BCUT2D eigenvalue weighted by Gasteiger charge is 2.32. The van der Waals surface area contributed by atoms with E-state index >= 15 is 0 Å². The number of halogens is 2. The highest BCUT2D eigenvalue weighted by Crippen LogP contribution is 2.24. The van der Waals surface area contributed by atoms with E-state index in [4.69, 9.17) is 4.74 Å². The number of hydrogen-bond donors (Lipinski definition) is 0. The van der Waals surface area contributed by atoms with Crippen LogP contribution in [0.3, 0.4) is 0 Å². The minimum absolute atomic E-state index is 0.242. The molecule has 0 aliphatic carbocycles. The molecule has 0 radical (unpaired) electrons. The van der Waals surface area contributed by atoms with E-state index in [1.807, 2.05) is 0 Å². The van der Waals surface area contributed by atoms with Crippen molar-refractivity contribution in [3.05, 3.63) is 36.0 Å². The van der Waals surface area contributed by atoms with Gasteiger partial charge in [0.15, 0.2) is 5.82 Å². The van der Waals surface area contributed by atoms with E-state index in [2.05, 4.69) is 19.8 Å². The van der Waals surface area contributed by atoms with Gasteiger partial charge in [0.05, 0.1) is 18.8 Å². The molecule has 0 saturated carbocycles. The Morgan fingerprint density at radius 3 is 2.88 bits per heavy atom. The number of aryl methyl sites for hydroxylation is 1. The van der Waals surface area contributed by atoms with Crippen LogP contribution in [0.25, 0.3) is 0 Å². The van der Waals surface area contributed by atoms with Gasteiger partial charge in [-0.05, 0) is 6.07 Å². The summed E-state index contributed by atoms with van der Waals surface area (Å²) in [4.78, 5) is 22.2. The van der Waals surface area contributed by atoms with E-state index < -0.39 is 6.61 Å². The number of rotatable bonds is 4. The number of nitrogens with zero attached hydrogens (tertiary/aromatic N) is 5. The third-order valence-corrected chi connectivity index (χ3v) is 3.63. The lowest BCUT2D eigenvalue weighted by Crippen LogP contribution is -2.44. The fourth-order valence-electron chi connectivity index (χ4n) is 2.50. The van der Waals surface area contributed by atoms with Crippen molar-refractivity contribution in [1.29, 1.82) is 0 Å². The van der Waals surface area contributed by atoms with Crippen LogP contribution >= 0.6 is 0 Å². The molecule has 0 N–H and O–H groups in total. The van der Waals surface area contributed by atoms with Gasteiger partial charge in [-0.3, -0.25) is 9.48 Å². The summed E-state index contributed by atoms with van der Waals surface area (Å²) in [5, 5.41) is 4.01. The van der Waals surface area contributed by atoms with E-state index in [0.29, 0.717) is 25.6 Å². The van der Waals surface area contributed by atoms with Crippen LogP contribution in [0.4, 0.5) is 8.78 Å². The highest BCUT2D eigenvalue weighted by atomic mass is 19.3. The number of alkyl halides is 2. The summed E-state index contributed by atoms with van der Waals surface area (Å²) in [6.07, 6.45) is 2.62. The fourth-order valence-corrected chi connectivity index (χ4v) is 2.50. The van der Waals surface area contributed by atoms with E-state index in [1.54, 1.807) is 16.6 Å². The predicted octanol–water partition coefficient (Wildman–Crippen LogP) is 1.03. The number of morpholine rings is 1. The zero-order chi connectivity index (χ0) is 17.1. The Balaban J connectivity index is 1.80. The molecule has 3 heterocycles. The molecule has 1 atom stereocenters. The Morgan fingerprint density at radius 1 is 1.42 bits per heavy atom. The average Bonchev–Trinajstić information content (AvgIpc) is 3.00. The van der Waals surface area contributed by atoms with Crippen LogP contribution < -0.4 is 4.74 Å². The highest BCUT2D eigenvalue weighted by molar-refractivity contribution is 5.94. The Hall–Kier alpha value is -2.62. The monoisotopic (exact) mass is 339 g/mol. The predicted molar refractivity (Wildman–Crippen MR) is 76.5 cm³/mol. The van der Waals surface area contributed by atoms with Crippen molar-refractivity contribution in [3.63, 3.8) is 0 Å². The number of carbonyl (C=O) groups is 1. The third kappa shape index (κ3) is 3.32. The quantitative estimate of drug-likeness (QED) is 0.827. The van der Waals surface area contributed by atoms with Crippen LogP contribution in [-0.4, -0.2) is 56.9 Å². The molecule has 1 aliphatic rings. The van der Waals surface area contributed by atoms with Crippen LogP contribution in [0.5, 0.6) is 5.88 Å². The van der Waals surface area contributed by atoms with E-state index in [9.17, 15) is 13.6 Å². The standard InChI is InChI=1S/C14H15F2N5O3/c1-20-12(18-8-19-20)10-7-23-5-4-21(10)13(22)9-2-3-11(17-6-9)24-14(15)16/h2-3,6,8,10,14H,4-5,7H2,1H3. The van der Waals surface area contributed by atoms with Crippen molar-refractivity contribution in [2.45, 2.75) is 12.7 Å². The molecule has 0 bridgehead atoms. The summed E-state index contributed by atoms with van der Waals surface area (Å²) in [5.74, 6) is 0.0736. The molecule has 1 aliphatic heterocycles. The van der Waals surface area contributed by atoms with Crippen molar-refractivity contribution < 1.29 is 23.0 Å². The van der Waals surface area contributed by atoms with Crippen molar-refractivity contribution in [2.75, 3.05) is 19.8 Å². The van der Waals surface area contributed by atoms with E-state index in [-0.39, 0.29) is 23.4 Å². The number of pyridine rings is 1. The minimum atomic E-state index is -2.96. The van der Waals surface area contributed by atoms with Gasteiger partial charge in [0.2, 0.25) is 5.88 Å². The second-order valence-electron chi connectivity index (χ2n) is 5.09. The molecule has 10 heteroatoms. The molecule has 0 spiro atoms. The second kappa shape index (κ2) is 6.87. The summed E-state index contributed by atoms with van der Waals surface area (Å²) in [6.45, 7) is -1.87. The maximum absolute atomic E-state index is 12.7. The maximum atomic E-state index is 12.7. The van der Waals surface area contributed by atoms with Gasteiger partial charge < -0.3 is 14.4 Å². The molecular weight excluding hydrogens is 324 g/mol. The zero-order valence-corrected chi connectivity index (χ0v) is 12.8. The first-order valence-electron chi connectivity index (χ1n) is 7.19. The van der Waals surface area contributed by atoms with Gasteiger partial charge in [0.25, 0.3) is 5.91 Å². The Morgan fingerprint density at radius 2 is 2.25 bits per heavy atom. The van der Waals surface area contributed by atoms with Gasteiger partial charge in [-0.25, -0.2) is 9.97 Å². The molecular formula is C14H15F2N5O3. The van der Waals surface area contributed by atoms with Gasteiger partial charge in [-0.15, -0.1) is 0 Å². The van der Waals surface area contributed by atoms with Gasteiger partial charge in [0, 0.05) is 25.9 Å². The van der Waals surface area contributed by atoms with Crippen molar-refractivity contribution in [2.24, 2.45) is 7.05 Å². The number of aromatic nitrogens is 4. The van der Waals surface area contributed by atoms with Gasteiger partial charge in [0.1, 0.15) is 12.4 Å². The van der Waals surface area contributed by atoms with Crippen molar-refractivity contribution >= 4 is 5.91 Å². The Kier molecular flexibility index (Phi) is 4.65. The fraction of sp³-hybridized carbons (Fsp3) is 0.429. The van der Waals surface area contributed by atoms with E-state index in [1.165, 1.54) is 24.7 Å². The van der Waals surface area contributed by atoms with Crippen molar-refractivity contribution in [3.8, 4) is 5.88 Å². The summed E-state index contributed by atoms with van der Waals surface area (Å²) in [5.41, 5.74) is 0.269. The molecule has 8 nitrogen and oxygen atoms in total. The molecule has 2 aromatic heterocycles. The van der Waals surface area contributed by atoms with Crippen molar-refractivity contribution in [1.82, 2.24) is 24.6 Å². The molecule has 3 rings (SSSR count). The largest absolute Gasteiger partial charge is 0.417 e. The molecule has 24 heavy (non-hydrogen) atoms. The minimum Gasteiger partial charge on any atom is -0.417 e. The summed E-state index contributed by atoms with van der Waals surface area (Å²) in [7, 11) is 1.73. The number of amides is 1. The maximum Gasteiger partial charge on any atom is 0.388 e. The first-order valence-corrected chi connectivity index (χ1v) is 7.19. The van der Waals surface area contributed by atoms with Crippen LogP contribution in [0.1, 0.15) is 22.2 Å². The Bertz CT molecular complexity index is 707. The molecule has 0 aromatic carbocycles. The molecule has 1 saturated heterocycles. The van der Waals surface area contributed by atoms with Gasteiger partial charge >= 0.3 is 6.61 Å². The van der Waals surface area contributed by atoms with Gasteiger partial charge in [-0.2, -0.15) is 13.9 Å². The number of hydrogen-bond acceptors (Lipinski definition) is 6. The first kappa shape index (κ1) is 16.2. The lowest BCUT2D eigenvalue weighted by atomic mass is 10.1. The average molecular weight is 339 g/mol. The molecule has 2 aromatic rings. The smallest absolute Gasteiger partial charge is 0.388 e. The molecule has 128 valence electrons. The third-order valence-electron chi connectivity index (χ3n) is 3.63. The Labute approximate surface area is 136 Å². The molecule has 1 fully saturated rings. The first-order chi connectivity index (χ1) is 11.6. The molecule has 1 unspecified atom stereocenters.